The zero-order valence-electron chi connectivity index (χ0n) is 16.7. The predicted octanol–water partition coefficient (Wildman–Crippen LogP) is 7.46. The van der Waals surface area contributed by atoms with E-state index in [2.05, 4.69) is 18.8 Å². The third kappa shape index (κ3) is 12.8. The summed E-state index contributed by atoms with van der Waals surface area (Å²) in [4.78, 5) is 4.49. The van der Waals surface area contributed by atoms with E-state index in [1.807, 2.05) is 0 Å². The van der Waals surface area contributed by atoms with Crippen LogP contribution in [0.3, 0.4) is 0 Å². The molecule has 0 N–H and O–H groups in total. The smallest absolute Gasteiger partial charge is 0.183 e. The lowest BCUT2D eigenvalue weighted by Crippen LogP contribution is -2.00. The number of unbranched alkanes of at least 4 members (excludes halogenated alkanes) is 15. The lowest BCUT2D eigenvalue weighted by Gasteiger charge is -2.04. The Morgan fingerprint density at radius 3 is 1.50 bits per heavy atom. The second-order valence-electron chi connectivity index (χ2n) is 7.74. The van der Waals surface area contributed by atoms with Gasteiger partial charge in [-0.05, 0) is 13.3 Å². The predicted molar refractivity (Wildman–Crippen MR) is 107 cm³/mol. The van der Waals surface area contributed by atoms with Gasteiger partial charge in [0.15, 0.2) is 5.90 Å². The summed E-state index contributed by atoms with van der Waals surface area (Å²) < 4.78 is 5.54. The van der Waals surface area contributed by atoms with Gasteiger partial charge in [0.05, 0.1) is 6.04 Å². The standard InChI is InChI=1S/C22H43NO/c1-3-4-5-6-7-8-9-10-11-12-13-14-15-16-17-18-19-22-23-21(2)20-24-22/h21H,3-20H2,1-2H3. The summed E-state index contributed by atoms with van der Waals surface area (Å²) in [6.07, 6.45) is 23.9. The number of aliphatic imine (C=N–C) groups is 1. The molecule has 2 heteroatoms. The summed E-state index contributed by atoms with van der Waals surface area (Å²) in [5.41, 5.74) is 0. The highest BCUT2D eigenvalue weighted by Crippen LogP contribution is 2.15. The van der Waals surface area contributed by atoms with Crippen LogP contribution in [0.1, 0.15) is 123 Å². The van der Waals surface area contributed by atoms with Gasteiger partial charge in [0.25, 0.3) is 0 Å². The van der Waals surface area contributed by atoms with Crippen LogP contribution >= 0.6 is 0 Å². The molecule has 0 radical (unpaired) electrons. The molecular weight excluding hydrogens is 294 g/mol. The van der Waals surface area contributed by atoms with E-state index >= 15 is 0 Å². The molecule has 0 aromatic rings. The van der Waals surface area contributed by atoms with Crippen molar-refractivity contribution < 1.29 is 4.74 Å². The molecule has 0 saturated heterocycles. The van der Waals surface area contributed by atoms with Crippen LogP contribution in [0.4, 0.5) is 0 Å². The molecule has 0 spiro atoms. The first-order valence-electron chi connectivity index (χ1n) is 11.0. The van der Waals surface area contributed by atoms with E-state index in [4.69, 9.17) is 4.74 Å². The lowest BCUT2D eigenvalue weighted by molar-refractivity contribution is 0.314. The second kappa shape index (κ2) is 16.0. The minimum absolute atomic E-state index is 0.390. The molecule has 24 heavy (non-hydrogen) atoms. The third-order valence-corrected chi connectivity index (χ3v) is 5.10. The monoisotopic (exact) mass is 337 g/mol. The lowest BCUT2D eigenvalue weighted by atomic mass is 10.0. The number of nitrogens with zero attached hydrogens (tertiary/aromatic N) is 1. The van der Waals surface area contributed by atoms with Crippen molar-refractivity contribution in [2.24, 2.45) is 4.99 Å². The summed E-state index contributed by atoms with van der Waals surface area (Å²) in [5.74, 6) is 1.01. The van der Waals surface area contributed by atoms with Crippen molar-refractivity contribution in [2.45, 2.75) is 129 Å². The van der Waals surface area contributed by atoms with Crippen molar-refractivity contribution in [3.63, 3.8) is 0 Å². The van der Waals surface area contributed by atoms with Gasteiger partial charge in [0, 0.05) is 6.42 Å². The van der Waals surface area contributed by atoms with Crippen LogP contribution in [-0.4, -0.2) is 18.5 Å². The number of hydrogen-bond acceptors (Lipinski definition) is 2. The average Bonchev–Trinajstić information content (AvgIpc) is 3.00. The van der Waals surface area contributed by atoms with E-state index < -0.39 is 0 Å². The molecule has 1 heterocycles. The van der Waals surface area contributed by atoms with Crippen LogP contribution in [-0.2, 0) is 4.74 Å². The Bertz CT molecular complexity index is 300. The molecule has 142 valence electrons. The molecule has 0 fully saturated rings. The summed E-state index contributed by atoms with van der Waals surface area (Å²) >= 11 is 0. The molecule has 0 aliphatic carbocycles. The Labute approximate surface area is 151 Å². The van der Waals surface area contributed by atoms with Crippen molar-refractivity contribution in [1.82, 2.24) is 0 Å². The van der Waals surface area contributed by atoms with Crippen molar-refractivity contribution in [1.29, 1.82) is 0 Å². The fourth-order valence-electron chi connectivity index (χ4n) is 3.50. The van der Waals surface area contributed by atoms with E-state index in [0.29, 0.717) is 6.04 Å². The molecule has 1 atom stereocenters. The second-order valence-corrected chi connectivity index (χ2v) is 7.74. The molecule has 0 amide bonds. The fourth-order valence-corrected chi connectivity index (χ4v) is 3.50. The van der Waals surface area contributed by atoms with Crippen LogP contribution in [0.15, 0.2) is 4.99 Å². The Morgan fingerprint density at radius 2 is 1.12 bits per heavy atom. The summed E-state index contributed by atoms with van der Waals surface area (Å²) in [6, 6.07) is 0.390. The van der Waals surface area contributed by atoms with Gasteiger partial charge in [-0.3, -0.25) is 0 Å². The van der Waals surface area contributed by atoms with Crippen LogP contribution in [0.2, 0.25) is 0 Å². The van der Waals surface area contributed by atoms with Crippen molar-refractivity contribution in [3.8, 4) is 0 Å². The van der Waals surface area contributed by atoms with Crippen molar-refractivity contribution >= 4 is 5.90 Å². The summed E-state index contributed by atoms with van der Waals surface area (Å²) in [7, 11) is 0. The normalized spacial score (nSPS) is 17.1. The minimum Gasteiger partial charge on any atom is -0.479 e. The topological polar surface area (TPSA) is 21.6 Å². The molecule has 0 saturated carbocycles. The van der Waals surface area contributed by atoms with Gasteiger partial charge in [-0.1, -0.05) is 103 Å². The van der Waals surface area contributed by atoms with E-state index in [-0.39, 0.29) is 0 Å². The Morgan fingerprint density at radius 1 is 0.708 bits per heavy atom. The molecular formula is C22H43NO. The molecule has 1 unspecified atom stereocenters. The maximum atomic E-state index is 5.54. The largest absolute Gasteiger partial charge is 0.479 e. The molecule has 0 aromatic heterocycles. The maximum absolute atomic E-state index is 5.54. The van der Waals surface area contributed by atoms with E-state index in [1.54, 1.807) is 0 Å². The quantitative estimate of drug-likeness (QED) is 0.252. The Balaban J connectivity index is 1.68. The first-order chi connectivity index (χ1) is 11.8. The fraction of sp³-hybridized carbons (Fsp3) is 0.955. The van der Waals surface area contributed by atoms with Crippen LogP contribution in [0.5, 0.6) is 0 Å². The van der Waals surface area contributed by atoms with Crippen molar-refractivity contribution in [2.75, 3.05) is 6.61 Å². The van der Waals surface area contributed by atoms with Gasteiger partial charge in [-0.2, -0.15) is 0 Å². The molecule has 2 nitrogen and oxygen atoms in total. The third-order valence-electron chi connectivity index (χ3n) is 5.10. The Kier molecular flexibility index (Phi) is 14.3. The first-order valence-corrected chi connectivity index (χ1v) is 11.0. The maximum Gasteiger partial charge on any atom is 0.183 e. The molecule has 0 bridgehead atoms. The summed E-state index contributed by atoms with van der Waals surface area (Å²) in [6.45, 7) is 5.22. The highest BCUT2D eigenvalue weighted by Gasteiger charge is 2.12. The van der Waals surface area contributed by atoms with Gasteiger partial charge in [0.2, 0.25) is 0 Å². The highest BCUT2D eigenvalue weighted by molar-refractivity contribution is 5.77. The van der Waals surface area contributed by atoms with Crippen LogP contribution < -0.4 is 0 Å². The van der Waals surface area contributed by atoms with Gasteiger partial charge >= 0.3 is 0 Å². The zero-order chi connectivity index (χ0) is 17.3. The molecule has 0 aromatic carbocycles. The number of hydrogen-bond donors (Lipinski definition) is 0. The minimum atomic E-state index is 0.390. The number of ether oxygens (including phenoxy) is 1. The van der Waals surface area contributed by atoms with Gasteiger partial charge in [0.1, 0.15) is 6.61 Å². The van der Waals surface area contributed by atoms with E-state index in [9.17, 15) is 0 Å². The first kappa shape index (κ1) is 21.5. The molecule has 1 aliphatic heterocycles. The van der Waals surface area contributed by atoms with E-state index in [1.165, 1.54) is 103 Å². The van der Waals surface area contributed by atoms with Gasteiger partial charge < -0.3 is 4.74 Å². The number of rotatable bonds is 17. The van der Waals surface area contributed by atoms with Crippen LogP contribution in [0, 0.1) is 0 Å². The van der Waals surface area contributed by atoms with Crippen LogP contribution in [0.25, 0.3) is 0 Å². The van der Waals surface area contributed by atoms with Crippen molar-refractivity contribution in [3.05, 3.63) is 0 Å². The van der Waals surface area contributed by atoms with Gasteiger partial charge in [-0.15, -0.1) is 0 Å². The summed E-state index contributed by atoms with van der Waals surface area (Å²) in [5, 5.41) is 0. The highest BCUT2D eigenvalue weighted by atomic mass is 16.5. The molecule has 1 rings (SSSR count). The molecule has 1 aliphatic rings. The SMILES string of the molecule is CCCCCCCCCCCCCCCCCCC1=NC(C)CO1. The Hall–Kier alpha value is -0.530. The average molecular weight is 338 g/mol. The zero-order valence-corrected chi connectivity index (χ0v) is 16.7. The van der Waals surface area contributed by atoms with Gasteiger partial charge in [-0.25, -0.2) is 4.99 Å². The van der Waals surface area contributed by atoms with E-state index in [0.717, 1.165) is 18.9 Å².